The summed E-state index contributed by atoms with van der Waals surface area (Å²) >= 11 is 6.10. The van der Waals surface area contributed by atoms with Gasteiger partial charge in [0, 0.05) is 31.3 Å². The molecule has 1 fully saturated rings. The van der Waals surface area contributed by atoms with E-state index in [0.717, 1.165) is 24.0 Å². The number of amides is 1. The van der Waals surface area contributed by atoms with E-state index in [9.17, 15) is 9.18 Å². The van der Waals surface area contributed by atoms with Crippen molar-refractivity contribution in [2.45, 2.75) is 31.8 Å². The van der Waals surface area contributed by atoms with Crippen LogP contribution in [-0.2, 0) is 17.7 Å². The number of halogens is 2. The second kappa shape index (κ2) is 6.72. The van der Waals surface area contributed by atoms with E-state index >= 15 is 0 Å². The molecule has 0 saturated carbocycles. The van der Waals surface area contributed by atoms with Gasteiger partial charge in [0.2, 0.25) is 0 Å². The Morgan fingerprint density at radius 1 is 1.32 bits per heavy atom. The van der Waals surface area contributed by atoms with E-state index in [1.165, 1.54) is 12.1 Å². The first-order valence-electron chi connectivity index (χ1n) is 8.37. The topological polar surface area (TPSA) is 60.3 Å². The SMILES string of the molecule is O=C(c1cn(C2CCOCC2)nn1)N1CCc2c(Cl)cc(F)cc2C1. The van der Waals surface area contributed by atoms with Gasteiger partial charge in [-0.15, -0.1) is 5.10 Å². The standard InChI is InChI=1S/C17H18ClFN4O2/c18-15-8-12(19)7-11-9-22(4-1-14(11)15)17(24)16-10-23(21-20-16)13-2-5-25-6-3-13/h7-8,10,13H,1-6,9H2. The molecular formula is C17H18ClFN4O2. The van der Waals surface area contributed by atoms with Crippen LogP contribution in [0.25, 0.3) is 0 Å². The number of carbonyl (C=O) groups is 1. The molecule has 0 atom stereocenters. The fourth-order valence-corrected chi connectivity index (χ4v) is 3.77. The molecule has 0 radical (unpaired) electrons. The van der Waals surface area contributed by atoms with Crippen LogP contribution in [0.5, 0.6) is 0 Å². The van der Waals surface area contributed by atoms with Crippen LogP contribution in [0.3, 0.4) is 0 Å². The lowest BCUT2D eigenvalue weighted by Crippen LogP contribution is -2.36. The van der Waals surface area contributed by atoms with Crippen LogP contribution in [-0.4, -0.2) is 45.6 Å². The second-order valence-corrected chi connectivity index (χ2v) is 6.84. The van der Waals surface area contributed by atoms with E-state index in [1.807, 2.05) is 0 Å². The molecule has 2 aromatic rings. The molecule has 0 N–H and O–H groups in total. The van der Waals surface area contributed by atoms with E-state index in [0.29, 0.717) is 43.4 Å². The zero-order valence-corrected chi connectivity index (χ0v) is 14.4. The molecule has 2 aliphatic heterocycles. The fourth-order valence-electron chi connectivity index (χ4n) is 3.45. The molecule has 1 aromatic heterocycles. The highest BCUT2D eigenvalue weighted by molar-refractivity contribution is 6.31. The zero-order chi connectivity index (χ0) is 17.4. The van der Waals surface area contributed by atoms with Crippen LogP contribution in [0.2, 0.25) is 5.02 Å². The van der Waals surface area contributed by atoms with Gasteiger partial charge in [0.15, 0.2) is 5.69 Å². The number of fused-ring (bicyclic) bond motifs is 1. The maximum atomic E-state index is 13.6. The Morgan fingerprint density at radius 2 is 2.12 bits per heavy atom. The minimum atomic E-state index is -0.386. The normalized spacial score (nSPS) is 18.2. The number of hydrogen-bond acceptors (Lipinski definition) is 4. The summed E-state index contributed by atoms with van der Waals surface area (Å²) in [6.45, 7) is 2.25. The van der Waals surface area contributed by atoms with Crippen molar-refractivity contribution in [1.82, 2.24) is 19.9 Å². The van der Waals surface area contributed by atoms with Crippen molar-refractivity contribution >= 4 is 17.5 Å². The summed E-state index contributed by atoms with van der Waals surface area (Å²) in [6.07, 6.45) is 4.04. The van der Waals surface area contributed by atoms with Gasteiger partial charge >= 0.3 is 0 Å². The molecule has 1 amide bonds. The highest BCUT2D eigenvalue weighted by Gasteiger charge is 2.26. The molecule has 3 heterocycles. The maximum Gasteiger partial charge on any atom is 0.276 e. The van der Waals surface area contributed by atoms with Gasteiger partial charge in [0.1, 0.15) is 5.82 Å². The van der Waals surface area contributed by atoms with Crippen molar-refractivity contribution in [3.05, 3.63) is 46.0 Å². The van der Waals surface area contributed by atoms with E-state index in [2.05, 4.69) is 10.3 Å². The summed E-state index contributed by atoms with van der Waals surface area (Å²) in [6, 6.07) is 2.98. The number of hydrogen-bond donors (Lipinski definition) is 0. The Kier molecular flexibility index (Phi) is 4.43. The zero-order valence-electron chi connectivity index (χ0n) is 13.6. The molecular weight excluding hydrogens is 347 g/mol. The Bertz CT molecular complexity index is 804. The molecule has 0 aliphatic carbocycles. The summed E-state index contributed by atoms with van der Waals surface area (Å²) in [5.74, 6) is -0.576. The van der Waals surface area contributed by atoms with Crippen molar-refractivity contribution in [2.75, 3.05) is 19.8 Å². The Labute approximate surface area is 149 Å². The first-order valence-corrected chi connectivity index (χ1v) is 8.75. The van der Waals surface area contributed by atoms with Crippen LogP contribution in [0.1, 0.15) is 40.5 Å². The van der Waals surface area contributed by atoms with Crippen molar-refractivity contribution in [3.8, 4) is 0 Å². The molecule has 2 aliphatic rings. The van der Waals surface area contributed by atoms with E-state index in [-0.39, 0.29) is 17.8 Å². The van der Waals surface area contributed by atoms with Crippen molar-refractivity contribution < 1.29 is 13.9 Å². The average Bonchev–Trinajstić information content (AvgIpc) is 3.11. The highest BCUT2D eigenvalue weighted by Crippen LogP contribution is 2.28. The van der Waals surface area contributed by atoms with E-state index in [4.69, 9.17) is 16.3 Å². The van der Waals surface area contributed by atoms with E-state index in [1.54, 1.807) is 15.8 Å². The highest BCUT2D eigenvalue weighted by atomic mass is 35.5. The number of benzene rings is 1. The van der Waals surface area contributed by atoms with Crippen LogP contribution in [0.4, 0.5) is 4.39 Å². The van der Waals surface area contributed by atoms with Gasteiger partial charge in [-0.1, -0.05) is 16.8 Å². The first-order chi connectivity index (χ1) is 12.1. The number of nitrogens with zero attached hydrogens (tertiary/aromatic N) is 4. The molecule has 8 heteroatoms. The maximum absolute atomic E-state index is 13.6. The second-order valence-electron chi connectivity index (χ2n) is 6.43. The third-order valence-corrected chi connectivity index (χ3v) is 5.16. The minimum Gasteiger partial charge on any atom is -0.381 e. The molecule has 4 rings (SSSR count). The van der Waals surface area contributed by atoms with Crippen LogP contribution in [0.15, 0.2) is 18.3 Å². The van der Waals surface area contributed by atoms with Crippen LogP contribution >= 0.6 is 11.6 Å². The fraction of sp³-hybridized carbons (Fsp3) is 0.471. The van der Waals surface area contributed by atoms with Gasteiger partial charge in [0.05, 0.1) is 12.2 Å². The number of rotatable bonds is 2. The molecule has 1 saturated heterocycles. The van der Waals surface area contributed by atoms with Crippen LogP contribution < -0.4 is 0 Å². The van der Waals surface area contributed by atoms with E-state index < -0.39 is 0 Å². The summed E-state index contributed by atoms with van der Waals surface area (Å²) < 4.78 is 20.7. The van der Waals surface area contributed by atoms with Crippen molar-refractivity contribution in [2.24, 2.45) is 0 Å². The smallest absolute Gasteiger partial charge is 0.276 e. The van der Waals surface area contributed by atoms with Gasteiger partial charge < -0.3 is 9.64 Å². The summed E-state index contributed by atoms with van der Waals surface area (Å²) in [5, 5.41) is 8.57. The molecule has 1 aromatic carbocycles. The summed E-state index contributed by atoms with van der Waals surface area (Å²) in [4.78, 5) is 14.4. The number of carbonyl (C=O) groups excluding carboxylic acids is 1. The lowest BCUT2D eigenvalue weighted by molar-refractivity contribution is 0.0657. The molecule has 0 spiro atoms. The predicted octanol–water partition coefficient (Wildman–Crippen LogP) is 2.62. The van der Waals surface area contributed by atoms with Gasteiger partial charge in [-0.3, -0.25) is 4.79 Å². The third kappa shape index (κ3) is 3.26. The van der Waals surface area contributed by atoms with Crippen molar-refractivity contribution in [3.63, 3.8) is 0 Å². The Hall–Kier alpha value is -1.99. The van der Waals surface area contributed by atoms with Gasteiger partial charge in [-0.2, -0.15) is 0 Å². The Morgan fingerprint density at radius 3 is 2.92 bits per heavy atom. The predicted molar refractivity (Wildman–Crippen MR) is 89.0 cm³/mol. The van der Waals surface area contributed by atoms with Crippen LogP contribution in [0, 0.1) is 5.82 Å². The lowest BCUT2D eigenvalue weighted by Gasteiger charge is -2.28. The molecule has 6 nitrogen and oxygen atoms in total. The van der Waals surface area contributed by atoms with Crippen molar-refractivity contribution in [1.29, 1.82) is 0 Å². The molecule has 0 unspecified atom stereocenters. The number of aromatic nitrogens is 3. The summed E-state index contributed by atoms with van der Waals surface area (Å²) in [5.41, 5.74) is 1.98. The molecule has 0 bridgehead atoms. The quantitative estimate of drug-likeness (QED) is 0.822. The first kappa shape index (κ1) is 16.5. The Balaban J connectivity index is 1.51. The third-order valence-electron chi connectivity index (χ3n) is 4.83. The molecule has 25 heavy (non-hydrogen) atoms. The average molecular weight is 365 g/mol. The van der Waals surface area contributed by atoms with Gasteiger partial charge in [0.25, 0.3) is 5.91 Å². The minimum absolute atomic E-state index is 0.190. The lowest BCUT2D eigenvalue weighted by atomic mass is 9.99. The monoisotopic (exact) mass is 364 g/mol. The summed E-state index contributed by atoms with van der Waals surface area (Å²) in [7, 11) is 0. The molecule has 132 valence electrons. The van der Waals surface area contributed by atoms with Gasteiger partial charge in [-0.05, 0) is 42.5 Å². The number of ether oxygens (including phenoxy) is 1. The van der Waals surface area contributed by atoms with Gasteiger partial charge in [-0.25, -0.2) is 9.07 Å². The largest absolute Gasteiger partial charge is 0.381 e.